The molecule has 5 nitrogen and oxygen atoms in total. The van der Waals surface area contributed by atoms with Gasteiger partial charge in [0.1, 0.15) is 5.41 Å². The molecule has 12 aromatic rings. The van der Waals surface area contributed by atoms with Crippen molar-refractivity contribution >= 4 is 43.6 Å². The van der Waals surface area contributed by atoms with Crippen LogP contribution in [-0.2, 0) is 5.41 Å². The molecule has 5 heteroatoms. The van der Waals surface area contributed by atoms with E-state index in [1.54, 1.807) is 0 Å². The molecule has 0 aliphatic carbocycles. The molecule has 0 saturated heterocycles. The van der Waals surface area contributed by atoms with Crippen molar-refractivity contribution in [1.82, 2.24) is 24.1 Å². The molecule has 0 amide bonds. The zero-order valence-corrected chi connectivity index (χ0v) is 34.1. The molecule has 2 aliphatic heterocycles. The summed E-state index contributed by atoms with van der Waals surface area (Å²) in [5, 5.41) is 4.63. The second-order valence-electron chi connectivity index (χ2n) is 16.4. The van der Waals surface area contributed by atoms with Crippen molar-refractivity contribution < 1.29 is 0 Å². The normalized spacial score (nSPS) is 14.4. The van der Waals surface area contributed by atoms with Gasteiger partial charge in [0.2, 0.25) is 5.95 Å². The van der Waals surface area contributed by atoms with E-state index in [0.29, 0.717) is 17.6 Å². The number of rotatable bonds is 5. The first-order valence-electron chi connectivity index (χ1n) is 21.5. The highest BCUT2D eigenvalue weighted by molar-refractivity contribution is 6.23. The van der Waals surface area contributed by atoms with Gasteiger partial charge in [0.15, 0.2) is 11.6 Å². The summed E-state index contributed by atoms with van der Waals surface area (Å²) < 4.78 is 4.73. The Morgan fingerprint density at radius 3 is 1.44 bits per heavy atom. The minimum atomic E-state index is -0.974. The van der Waals surface area contributed by atoms with E-state index in [2.05, 4.69) is 234 Å². The van der Waals surface area contributed by atoms with Gasteiger partial charge in [-0.15, -0.1) is 0 Å². The molecule has 1 atom stereocenters. The van der Waals surface area contributed by atoms with Crippen molar-refractivity contribution in [3.63, 3.8) is 0 Å². The Kier molecular flexibility index (Phi) is 7.75. The summed E-state index contributed by atoms with van der Waals surface area (Å²) in [5.41, 5.74) is 13.0. The number of nitrogens with zero attached hydrogens (tertiary/aromatic N) is 5. The summed E-state index contributed by atoms with van der Waals surface area (Å²) in [6.07, 6.45) is 0. The first-order chi connectivity index (χ1) is 31.3. The van der Waals surface area contributed by atoms with Gasteiger partial charge in [-0.05, 0) is 63.2 Å². The Balaban J connectivity index is 1.24. The van der Waals surface area contributed by atoms with Crippen molar-refractivity contribution in [3.8, 4) is 45.3 Å². The zero-order chi connectivity index (χ0) is 41.5. The van der Waals surface area contributed by atoms with Gasteiger partial charge in [0.05, 0.1) is 22.1 Å². The maximum atomic E-state index is 5.79. The van der Waals surface area contributed by atoms with Gasteiger partial charge < -0.3 is 4.57 Å². The smallest absolute Gasteiger partial charge is 0.238 e. The molecule has 4 bridgehead atoms. The number of hydrogen-bond acceptors (Lipinski definition) is 3. The lowest BCUT2D eigenvalue weighted by molar-refractivity contribution is 0.667. The van der Waals surface area contributed by atoms with E-state index < -0.39 is 5.41 Å². The predicted octanol–water partition coefficient (Wildman–Crippen LogP) is 13.8. The van der Waals surface area contributed by atoms with Crippen LogP contribution >= 0.6 is 0 Å². The van der Waals surface area contributed by atoms with Gasteiger partial charge in [-0.25, -0.2) is 4.98 Å². The van der Waals surface area contributed by atoms with E-state index >= 15 is 0 Å². The molecule has 63 heavy (non-hydrogen) atoms. The lowest BCUT2D eigenvalue weighted by Gasteiger charge is -2.35. The molecular weight excluding hydrogens is 767 g/mol. The largest absolute Gasteiger partial charge is 0.307 e. The molecule has 14 rings (SSSR count). The van der Waals surface area contributed by atoms with Crippen LogP contribution < -0.4 is 0 Å². The Hall–Kier alpha value is -8.41. The number of para-hydroxylation sites is 2. The topological polar surface area (TPSA) is 48.5 Å². The molecule has 2 aliphatic rings. The van der Waals surface area contributed by atoms with Crippen molar-refractivity contribution in [3.05, 3.63) is 247 Å². The summed E-state index contributed by atoms with van der Waals surface area (Å²) in [7, 11) is 0. The summed E-state index contributed by atoms with van der Waals surface area (Å²) in [6, 6.07) is 80.4. The molecule has 0 spiro atoms. The van der Waals surface area contributed by atoms with Gasteiger partial charge in [0, 0.05) is 32.8 Å². The van der Waals surface area contributed by atoms with E-state index in [4.69, 9.17) is 15.0 Å². The van der Waals surface area contributed by atoms with Crippen LogP contribution in [0.4, 0.5) is 0 Å². The molecule has 0 saturated carbocycles. The summed E-state index contributed by atoms with van der Waals surface area (Å²) in [5.74, 6) is 1.79. The van der Waals surface area contributed by atoms with Gasteiger partial charge >= 0.3 is 0 Å². The van der Waals surface area contributed by atoms with Crippen LogP contribution in [0.5, 0.6) is 0 Å². The highest BCUT2D eigenvalue weighted by Crippen LogP contribution is 2.48. The lowest BCUT2D eigenvalue weighted by atomic mass is 9.68. The molecule has 0 radical (unpaired) electrons. The number of aromatic nitrogens is 5. The average Bonchev–Trinajstić information content (AvgIpc) is 3.88. The Labute approximate surface area is 363 Å². The number of fused-ring (bicyclic) bond motifs is 6. The fourth-order valence-corrected chi connectivity index (χ4v) is 10.3. The first kappa shape index (κ1) is 35.4. The third-order valence-corrected chi connectivity index (χ3v) is 13.1. The van der Waals surface area contributed by atoms with Crippen LogP contribution in [0, 0.1) is 0 Å². The molecule has 5 heterocycles. The average molecular weight is 804 g/mol. The van der Waals surface area contributed by atoms with Crippen LogP contribution in [-0.4, -0.2) is 24.1 Å². The molecule has 0 N–H and O–H groups in total. The molecule has 1 unspecified atom stereocenters. The minimum Gasteiger partial charge on any atom is -0.307 e. The van der Waals surface area contributed by atoms with Crippen molar-refractivity contribution in [2.45, 2.75) is 5.41 Å². The first-order valence-corrected chi connectivity index (χ1v) is 21.5. The Morgan fingerprint density at radius 2 is 0.794 bits per heavy atom. The van der Waals surface area contributed by atoms with Crippen LogP contribution in [0.2, 0.25) is 0 Å². The van der Waals surface area contributed by atoms with Gasteiger partial charge in [-0.3, -0.25) is 4.57 Å². The Morgan fingerprint density at radius 1 is 0.317 bits per heavy atom. The monoisotopic (exact) mass is 803 g/mol. The van der Waals surface area contributed by atoms with Crippen molar-refractivity contribution in [2.75, 3.05) is 0 Å². The van der Waals surface area contributed by atoms with E-state index in [1.165, 1.54) is 10.8 Å². The second kappa shape index (κ2) is 13.8. The standard InChI is InChI=1S/C58H37N5/c1-4-16-38(17-5-1)39-28-30-42(31-29-39)58(41-20-8-3-9-21-41)43-32-34-44(35-33-43)62-51-26-14-12-23-46(51)48-36-37-49-47-24-13-15-27-52(47)63(54(49)53(48)62)57-60-55(59-56(58)61-57)50-25-11-10-22-45(50)40-18-6-2-7-19-40/h1-37H. The van der Waals surface area contributed by atoms with Gasteiger partial charge in [-0.2, -0.15) is 9.97 Å². The van der Waals surface area contributed by atoms with Crippen molar-refractivity contribution in [1.29, 1.82) is 0 Å². The van der Waals surface area contributed by atoms with E-state index in [9.17, 15) is 0 Å². The van der Waals surface area contributed by atoms with Crippen LogP contribution in [0.3, 0.4) is 0 Å². The van der Waals surface area contributed by atoms with Gasteiger partial charge in [0.25, 0.3) is 0 Å². The summed E-state index contributed by atoms with van der Waals surface area (Å²) in [4.78, 5) is 17.1. The third kappa shape index (κ3) is 5.20. The van der Waals surface area contributed by atoms with Crippen LogP contribution in [0.25, 0.3) is 88.9 Å². The SMILES string of the molecule is c1ccc(-c2ccc(C3(c4ccccc4)c4ccc(cc4)-n4c5ccccc5c5ccc6c7ccccc7n(c6c54)-c4nc(-c5ccccc5-c5ccccc5)nc3n4)cc2)cc1. The quantitative estimate of drug-likeness (QED) is 0.174. The van der Waals surface area contributed by atoms with E-state index in [-0.39, 0.29) is 0 Å². The third-order valence-electron chi connectivity index (χ3n) is 13.1. The fraction of sp³-hybridized carbons (Fsp3) is 0.0172. The van der Waals surface area contributed by atoms with E-state index in [1.807, 2.05) is 0 Å². The highest BCUT2D eigenvalue weighted by atomic mass is 15.2. The number of benzene rings is 9. The fourth-order valence-electron chi connectivity index (χ4n) is 10.3. The van der Waals surface area contributed by atoms with E-state index in [0.717, 1.165) is 83.0 Å². The lowest BCUT2D eigenvalue weighted by Crippen LogP contribution is -2.34. The molecular formula is C58H37N5. The zero-order valence-electron chi connectivity index (χ0n) is 34.1. The molecule has 9 aromatic carbocycles. The second-order valence-corrected chi connectivity index (χ2v) is 16.4. The van der Waals surface area contributed by atoms with Crippen LogP contribution in [0.15, 0.2) is 224 Å². The summed E-state index contributed by atoms with van der Waals surface area (Å²) >= 11 is 0. The molecule has 294 valence electrons. The number of hydrogen-bond donors (Lipinski definition) is 0. The Bertz CT molecular complexity index is 3700. The van der Waals surface area contributed by atoms with Crippen LogP contribution in [0.1, 0.15) is 22.5 Å². The molecule has 0 fully saturated rings. The van der Waals surface area contributed by atoms with Gasteiger partial charge in [-0.1, -0.05) is 200 Å². The maximum absolute atomic E-state index is 5.79. The molecule has 3 aromatic heterocycles. The van der Waals surface area contributed by atoms with Crippen molar-refractivity contribution in [2.24, 2.45) is 0 Å². The highest BCUT2D eigenvalue weighted by Gasteiger charge is 2.43. The summed E-state index contributed by atoms with van der Waals surface area (Å²) in [6.45, 7) is 0. The predicted molar refractivity (Wildman–Crippen MR) is 257 cm³/mol. The minimum absolute atomic E-state index is 0.560. The maximum Gasteiger partial charge on any atom is 0.238 e.